The lowest BCUT2D eigenvalue weighted by molar-refractivity contribution is 0.308. The number of fused-ring (bicyclic) bond motifs is 3. The highest BCUT2D eigenvalue weighted by molar-refractivity contribution is 7.87. The third-order valence-electron chi connectivity index (χ3n) is 5.91. The van der Waals surface area contributed by atoms with Crippen molar-refractivity contribution in [1.82, 2.24) is 14.4 Å². The van der Waals surface area contributed by atoms with E-state index in [0.717, 1.165) is 22.4 Å². The van der Waals surface area contributed by atoms with Crippen LogP contribution in [0.4, 0.5) is 5.82 Å². The minimum atomic E-state index is -4.22. The van der Waals surface area contributed by atoms with Crippen LogP contribution < -0.4 is 4.90 Å². The Labute approximate surface area is 162 Å². The van der Waals surface area contributed by atoms with Crippen molar-refractivity contribution < 1.29 is 13.0 Å². The molecule has 0 spiro atoms. The summed E-state index contributed by atoms with van der Waals surface area (Å²) in [6.07, 6.45) is 7.53. The molecule has 144 valence electrons. The summed E-state index contributed by atoms with van der Waals surface area (Å²) in [5.41, 5.74) is 2.89. The summed E-state index contributed by atoms with van der Waals surface area (Å²) in [5, 5.41) is 0. The van der Waals surface area contributed by atoms with Crippen LogP contribution in [0.25, 0.3) is 16.8 Å². The van der Waals surface area contributed by atoms with Crippen LogP contribution in [0.2, 0.25) is 0 Å². The molecule has 8 heteroatoms. The van der Waals surface area contributed by atoms with Gasteiger partial charge in [0.2, 0.25) is 5.78 Å². The maximum Gasteiger partial charge on any atom is 0.275 e. The van der Waals surface area contributed by atoms with E-state index in [-0.39, 0.29) is 5.92 Å². The molecule has 28 heavy (non-hydrogen) atoms. The van der Waals surface area contributed by atoms with Gasteiger partial charge in [-0.3, -0.25) is 8.95 Å². The fraction of sp³-hybridized carbons (Fsp3) is 0.300. The van der Waals surface area contributed by atoms with Gasteiger partial charge in [-0.1, -0.05) is 35.9 Å². The minimum absolute atomic E-state index is 0.194. The predicted octanol–water partition coefficient (Wildman–Crippen LogP) is 2.85. The standard InChI is InChI=1S/C20H20N4O3S/c1-14-6-9-20(10-7-14,28(25,26)27)15-12-23(13-15)18-8-11-24-17-5-3-2-4-16(17)21-19(24)22-18/h2-9,11,15H,10,12-13H2,1H3,(H,25,26,27). The zero-order valence-corrected chi connectivity index (χ0v) is 16.2. The second-order valence-corrected chi connectivity index (χ2v) is 9.28. The highest BCUT2D eigenvalue weighted by Gasteiger charge is 2.52. The monoisotopic (exact) mass is 396 g/mol. The number of rotatable bonds is 3. The number of imidazole rings is 1. The lowest BCUT2D eigenvalue weighted by Gasteiger charge is -2.48. The van der Waals surface area contributed by atoms with Crippen molar-refractivity contribution >= 4 is 32.7 Å². The maximum atomic E-state index is 12.2. The topological polar surface area (TPSA) is 87.8 Å². The average Bonchev–Trinajstić information content (AvgIpc) is 2.99. The van der Waals surface area contributed by atoms with Crippen LogP contribution in [0.5, 0.6) is 0 Å². The largest absolute Gasteiger partial charge is 0.356 e. The second kappa shape index (κ2) is 5.89. The predicted molar refractivity (Wildman–Crippen MR) is 108 cm³/mol. The lowest BCUT2D eigenvalue weighted by atomic mass is 9.80. The van der Waals surface area contributed by atoms with Gasteiger partial charge in [0, 0.05) is 25.2 Å². The number of aromatic nitrogens is 3. The number of hydrogen-bond donors (Lipinski definition) is 1. The van der Waals surface area contributed by atoms with Crippen LogP contribution in [-0.4, -0.2) is 45.2 Å². The number of nitrogens with zero attached hydrogens (tertiary/aromatic N) is 4. The van der Waals surface area contributed by atoms with Crippen molar-refractivity contribution in [2.75, 3.05) is 18.0 Å². The first kappa shape index (κ1) is 17.4. The van der Waals surface area contributed by atoms with Crippen LogP contribution in [0.1, 0.15) is 13.3 Å². The van der Waals surface area contributed by atoms with E-state index >= 15 is 0 Å². The number of hydrogen-bond acceptors (Lipinski definition) is 5. The Morgan fingerprint density at radius 3 is 2.68 bits per heavy atom. The molecule has 1 N–H and O–H groups in total. The van der Waals surface area contributed by atoms with E-state index in [0.29, 0.717) is 25.3 Å². The molecule has 1 aromatic carbocycles. The molecule has 1 unspecified atom stereocenters. The van der Waals surface area contributed by atoms with Crippen LogP contribution in [0, 0.1) is 5.92 Å². The van der Waals surface area contributed by atoms with E-state index in [1.807, 2.05) is 58.8 Å². The summed E-state index contributed by atoms with van der Waals surface area (Å²) in [5.74, 6) is 1.18. The molecule has 0 amide bonds. The number of allylic oxidation sites excluding steroid dienone is 3. The van der Waals surface area contributed by atoms with Crippen LogP contribution in [0.3, 0.4) is 0 Å². The Morgan fingerprint density at radius 2 is 1.96 bits per heavy atom. The van der Waals surface area contributed by atoms with Crippen LogP contribution in [-0.2, 0) is 10.1 Å². The summed E-state index contributed by atoms with van der Waals surface area (Å²) in [6, 6.07) is 9.77. The SMILES string of the molecule is CC1=CCC(C2CN(c3ccn4c(n3)nc3ccccc34)C2)(S(=O)(=O)O)C=C1. The van der Waals surface area contributed by atoms with Gasteiger partial charge >= 0.3 is 0 Å². The van der Waals surface area contributed by atoms with E-state index in [1.54, 1.807) is 12.2 Å². The Bertz CT molecular complexity index is 1250. The van der Waals surface area contributed by atoms with Gasteiger partial charge in [-0.15, -0.1) is 0 Å². The first-order chi connectivity index (χ1) is 13.4. The average molecular weight is 396 g/mol. The first-order valence-corrected chi connectivity index (χ1v) is 10.6. The van der Waals surface area contributed by atoms with E-state index in [9.17, 15) is 13.0 Å². The molecule has 2 aromatic heterocycles. The molecule has 3 aromatic rings. The molecule has 0 saturated carbocycles. The molecular formula is C20H20N4O3S. The van der Waals surface area contributed by atoms with Crippen LogP contribution in [0.15, 0.2) is 60.3 Å². The van der Waals surface area contributed by atoms with Crippen LogP contribution >= 0.6 is 0 Å². The van der Waals surface area contributed by atoms with E-state index in [1.165, 1.54) is 0 Å². The number of benzene rings is 1. The number of para-hydroxylation sites is 2. The molecule has 5 rings (SSSR count). The molecule has 1 atom stereocenters. The van der Waals surface area contributed by atoms with Gasteiger partial charge in [0.15, 0.2) is 0 Å². The third-order valence-corrected chi connectivity index (χ3v) is 7.51. The fourth-order valence-electron chi connectivity index (χ4n) is 4.12. The third kappa shape index (κ3) is 2.48. The van der Waals surface area contributed by atoms with E-state index in [2.05, 4.69) is 9.97 Å². The Kier molecular flexibility index (Phi) is 3.66. The molecule has 7 nitrogen and oxygen atoms in total. The van der Waals surface area contributed by atoms with Crippen molar-refractivity contribution in [2.24, 2.45) is 5.92 Å². The highest BCUT2D eigenvalue weighted by atomic mass is 32.2. The fourth-order valence-corrected chi connectivity index (χ4v) is 5.23. The summed E-state index contributed by atoms with van der Waals surface area (Å²) >= 11 is 0. The second-order valence-electron chi connectivity index (χ2n) is 7.57. The smallest absolute Gasteiger partial charge is 0.275 e. The van der Waals surface area contributed by atoms with Crippen molar-refractivity contribution in [3.05, 3.63) is 60.3 Å². The molecule has 2 aliphatic rings. The molecule has 1 saturated heterocycles. The van der Waals surface area contributed by atoms with Crippen molar-refractivity contribution in [1.29, 1.82) is 0 Å². The molecule has 1 aliphatic heterocycles. The zero-order valence-electron chi connectivity index (χ0n) is 15.4. The zero-order chi connectivity index (χ0) is 19.5. The molecule has 1 aliphatic carbocycles. The Hall–Kier alpha value is -2.71. The van der Waals surface area contributed by atoms with Crippen molar-refractivity contribution in [3.8, 4) is 0 Å². The van der Waals surface area contributed by atoms with Crippen molar-refractivity contribution in [3.63, 3.8) is 0 Å². The summed E-state index contributed by atoms with van der Waals surface area (Å²) in [4.78, 5) is 11.2. The van der Waals surface area contributed by atoms with Gasteiger partial charge in [-0.05, 0) is 31.5 Å². The minimum Gasteiger partial charge on any atom is -0.356 e. The number of anilines is 1. The van der Waals surface area contributed by atoms with E-state index < -0.39 is 14.9 Å². The molecule has 0 radical (unpaired) electrons. The van der Waals surface area contributed by atoms with E-state index in [4.69, 9.17) is 0 Å². The Balaban J connectivity index is 1.43. The van der Waals surface area contributed by atoms with Gasteiger partial charge in [0.25, 0.3) is 10.1 Å². The van der Waals surface area contributed by atoms with Gasteiger partial charge in [0.05, 0.1) is 11.0 Å². The first-order valence-electron chi connectivity index (χ1n) is 9.19. The summed E-state index contributed by atoms with van der Waals surface area (Å²) in [6.45, 7) is 2.95. The quantitative estimate of drug-likeness (QED) is 0.685. The van der Waals surface area contributed by atoms with Gasteiger partial charge in [-0.25, -0.2) is 4.98 Å². The molecule has 0 bridgehead atoms. The van der Waals surface area contributed by atoms with Gasteiger partial charge < -0.3 is 4.90 Å². The highest BCUT2D eigenvalue weighted by Crippen LogP contribution is 2.41. The van der Waals surface area contributed by atoms with Gasteiger partial charge in [-0.2, -0.15) is 13.4 Å². The summed E-state index contributed by atoms with van der Waals surface area (Å²) in [7, 11) is -4.22. The molecule has 3 heterocycles. The Morgan fingerprint density at radius 1 is 1.18 bits per heavy atom. The molecular weight excluding hydrogens is 376 g/mol. The lowest BCUT2D eigenvalue weighted by Crippen LogP contribution is -2.60. The van der Waals surface area contributed by atoms with Crippen molar-refractivity contribution in [2.45, 2.75) is 18.1 Å². The normalized spacial score (nSPS) is 23.2. The maximum absolute atomic E-state index is 12.2. The molecule has 1 fully saturated rings. The van der Waals surface area contributed by atoms with Gasteiger partial charge in [0.1, 0.15) is 10.6 Å². The summed E-state index contributed by atoms with van der Waals surface area (Å²) < 4.78 is 35.0.